The maximum absolute atomic E-state index is 2.73. The van der Waals surface area contributed by atoms with Crippen LogP contribution in [0.5, 0.6) is 0 Å². The van der Waals surface area contributed by atoms with Crippen molar-refractivity contribution in [2.45, 2.75) is 95.7 Å². The van der Waals surface area contributed by atoms with Gasteiger partial charge in [0.2, 0.25) is 0 Å². The minimum atomic E-state index is -0.460. The largest absolute Gasteiger partial charge is 0.0716 e. The molecule has 2 fully saturated rings. The maximum Gasteiger partial charge on any atom is 0.0402 e. The Morgan fingerprint density at radius 1 is 0.944 bits per heavy atom. The van der Waals surface area contributed by atoms with Crippen LogP contribution in [0.15, 0.2) is 0 Å². The summed E-state index contributed by atoms with van der Waals surface area (Å²) in [4.78, 5) is 0. The predicted octanol–water partition coefficient (Wildman–Crippen LogP) is 5.78. The topological polar surface area (TPSA) is 0 Å². The zero-order valence-corrected chi connectivity index (χ0v) is 14.1. The van der Waals surface area contributed by atoms with Gasteiger partial charge in [0, 0.05) is 8.80 Å². The van der Waals surface area contributed by atoms with E-state index in [-0.39, 0.29) is 0 Å². The summed E-state index contributed by atoms with van der Waals surface area (Å²) in [7, 11) is -0.460. The van der Waals surface area contributed by atoms with Gasteiger partial charge in [-0.3, -0.25) is 0 Å². The molecule has 2 aliphatic rings. The van der Waals surface area contributed by atoms with Crippen molar-refractivity contribution in [3.63, 3.8) is 0 Å². The molecule has 0 bridgehead atoms. The van der Waals surface area contributed by atoms with Gasteiger partial charge in [-0.2, -0.15) is 0 Å². The monoisotopic (exact) mass is 266 g/mol. The van der Waals surface area contributed by atoms with E-state index in [1.807, 2.05) is 0 Å². The molecule has 0 N–H and O–H groups in total. The molecular weight excluding hydrogens is 232 g/mol. The molecule has 106 valence electrons. The lowest BCUT2D eigenvalue weighted by Gasteiger charge is -2.29. The van der Waals surface area contributed by atoms with E-state index in [1.165, 1.54) is 36.8 Å². The number of hydrogen-bond acceptors (Lipinski definition) is 0. The Labute approximate surface area is 117 Å². The van der Waals surface area contributed by atoms with Gasteiger partial charge >= 0.3 is 0 Å². The molecule has 0 aromatic rings. The first-order valence-electron chi connectivity index (χ1n) is 8.76. The van der Waals surface area contributed by atoms with Crippen molar-refractivity contribution in [3.8, 4) is 0 Å². The first-order valence-corrected chi connectivity index (χ1v) is 11.2. The average Bonchev–Trinajstić information content (AvgIpc) is 2.98. The summed E-state index contributed by atoms with van der Waals surface area (Å²) in [6.07, 6.45) is 15.4. The van der Waals surface area contributed by atoms with Gasteiger partial charge < -0.3 is 0 Å². The van der Waals surface area contributed by atoms with Gasteiger partial charge in [-0.05, 0) is 22.9 Å². The molecule has 0 heterocycles. The quantitative estimate of drug-likeness (QED) is 0.534. The maximum atomic E-state index is 2.73. The molecule has 4 unspecified atom stereocenters. The van der Waals surface area contributed by atoms with Crippen LogP contribution in [0, 0.1) is 11.8 Å². The Balaban J connectivity index is 1.85. The molecule has 0 aromatic carbocycles. The molecule has 0 radical (unpaired) electrons. The van der Waals surface area contributed by atoms with Gasteiger partial charge in [0.05, 0.1) is 0 Å². The second-order valence-electron chi connectivity index (χ2n) is 7.23. The summed E-state index contributed by atoms with van der Waals surface area (Å²) in [5, 5.41) is 0. The van der Waals surface area contributed by atoms with Gasteiger partial charge in [-0.25, -0.2) is 0 Å². The summed E-state index contributed by atoms with van der Waals surface area (Å²) >= 11 is 0. The van der Waals surface area contributed by atoms with Gasteiger partial charge in [0.15, 0.2) is 0 Å². The van der Waals surface area contributed by atoms with Crippen LogP contribution in [0.1, 0.15) is 78.1 Å². The second-order valence-corrected chi connectivity index (χ2v) is 10.7. The Hall–Kier alpha value is 0.217. The van der Waals surface area contributed by atoms with Crippen molar-refractivity contribution >= 4 is 8.80 Å². The van der Waals surface area contributed by atoms with E-state index in [0.29, 0.717) is 0 Å². The summed E-state index contributed by atoms with van der Waals surface area (Å²) in [5.41, 5.74) is 2.43. The summed E-state index contributed by atoms with van der Waals surface area (Å²) in [6.45, 7) is 7.48. The summed E-state index contributed by atoms with van der Waals surface area (Å²) in [5.74, 6) is 2.25. The minimum Gasteiger partial charge on any atom is -0.0716 e. The lowest BCUT2D eigenvalue weighted by atomic mass is 10.0. The normalized spacial score (nSPS) is 38.2. The van der Waals surface area contributed by atoms with E-state index in [4.69, 9.17) is 0 Å². The SMILES string of the molecule is CCCC1CCC([Si@@H](C)C2CCCC2CCC)C1. The van der Waals surface area contributed by atoms with Crippen LogP contribution in [0.4, 0.5) is 0 Å². The van der Waals surface area contributed by atoms with Crippen LogP contribution in [0.25, 0.3) is 0 Å². The van der Waals surface area contributed by atoms with E-state index in [1.54, 1.807) is 38.5 Å². The average molecular weight is 267 g/mol. The molecule has 2 saturated carbocycles. The molecule has 0 nitrogen and oxygen atoms in total. The molecule has 0 amide bonds. The minimum absolute atomic E-state index is 0.460. The van der Waals surface area contributed by atoms with Crippen molar-refractivity contribution in [1.82, 2.24) is 0 Å². The van der Waals surface area contributed by atoms with Crippen molar-refractivity contribution in [1.29, 1.82) is 0 Å². The third-order valence-corrected chi connectivity index (χ3v) is 10.4. The molecule has 0 saturated heterocycles. The van der Waals surface area contributed by atoms with Crippen molar-refractivity contribution in [2.24, 2.45) is 11.8 Å². The Morgan fingerprint density at radius 3 is 2.44 bits per heavy atom. The summed E-state index contributed by atoms with van der Waals surface area (Å²) in [6, 6.07) is 0. The van der Waals surface area contributed by atoms with Gasteiger partial charge in [-0.15, -0.1) is 0 Å². The van der Waals surface area contributed by atoms with E-state index >= 15 is 0 Å². The van der Waals surface area contributed by atoms with Gasteiger partial charge in [0.25, 0.3) is 0 Å². The van der Waals surface area contributed by atoms with Crippen molar-refractivity contribution < 1.29 is 0 Å². The highest BCUT2D eigenvalue weighted by atomic mass is 28.3. The third-order valence-electron chi connectivity index (χ3n) is 6.07. The molecule has 0 aliphatic heterocycles. The number of hydrogen-bond donors (Lipinski definition) is 0. The van der Waals surface area contributed by atoms with E-state index in [2.05, 4.69) is 20.4 Å². The standard InChI is InChI=1S/C17H34Si/c1-4-7-14-11-12-16(13-14)18(3)17-10-6-9-15(17)8-5-2/h14-18H,4-13H2,1-3H3/t14?,15?,16?,17?,18-/m1/s1. The zero-order valence-electron chi connectivity index (χ0n) is 13.0. The Bertz CT molecular complexity index is 238. The third kappa shape index (κ3) is 3.40. The predicted molar refractivity (Wildman–Crippen MR) is 85.0 cm³/mol. The fourth-order valence-corrected chi connectivity index (χ4v) is 9.33. The molecule has 1 heteroatoms. The lowest BCUT2D eigenvalue weighted by molar-refractivity contribution is 0.481. The van der Waals surface area contributed by atoms with E-state index in [9.17, 15) is 0 Å². The molecule has 2 aliphatic carbocycles. The van der Waals surface area contributed by atoms with Gasteiger partial charge in [-0.1, -0.05) is 84.6 Å². The molecular formula is C17H34Si. The molecule has 5 atom stereocenters. The van der Waals surface area contributed by atoms with E-state index in [0.717, 1.165) is 11.8 Å². The highest BCUT2D eigenvalue weighted by Crippen LogP contribution is 2.49. The van der Waals surface area contributed by atoms with Crippen LogP contribution < -0.4 is 0 Å². The second kappa shape index (κ2) is 7.12. The Kier molecular flexibility index (Phi) is 5.78. The highest BCUT2D eigenvalue weighted by Gasteiger charge is 2.38. The van der Waals surface area contributed by atoms with Crippen molar-refractivity contribution in [3.05, 3.63) is 0 Å². The molecule has 0 aromatic heterocycles. The highest BCUT2D eigenvalue weighted by molar-refractivity contribution is 6.60. The van der Waals surface area contributed by atoms with Crippen LogP contribution >= 0.6 is 0 Å². The van der Waals surface area contributed by atoms with Crippen molar-refractivity contribution in [2.75, 3.05) is 0 Å². The van der Waals surface area contributed by atoms with Crippen LogP contribution in [0.3, 0.4) is 0 Å². The first kappa shape index (κ1) is 14.6. The first-order chi connectivity index (χ1) is 8.76. The van der Waals surface area contributed by atoms with Crippen LogP contribution in [0.2, 0.25) is 17.6 Å². The molecule has 0 spiro atoms. The molecule has 18 heavy (non-hydrogen) atoms. The zero-order chi connectivity index (χ0) is 13.0. The Morgan fingerprint density at radius 2 is 1.72 bits per heavy atom. The smallest absolute Gasteiger partial charge is 0.0402 e. The van der Waals surface area contributed by atoms with Crippen LogP contribution in [-0.2, 0) is 0 Å². The fourth-order valence-electron chi connectivity index (χ4n) is 5.10. The lowest BCUT2D eigenvalue weighted by Crippen LogP contribution is -2.25. The van der Waals surface area contributed by atoms with Crippen LogP contribution in [-0.4, -0.2) is 8.80 Å². The molecule has 2 rings (SSSR count). The van der Waals surface area contributed by atoms with Gasteiger partial charge in [0.1, 0.15) is 0 Å². The summed E-state index contributed by atoms with van der Waals surface area (Å²) < 4.78 is 0. The fraction of sp³-hybridized carbons (Fsp3) is 1.00. The number of rotatable bonds is 6. The van der Waals surface area contributed by atoms with E-state index < -0.39 is 8.80 Å².